The molecule has 0 aliphatic carbocycles. The van der Waals surface area contributed by atoms with Gasteiger partial charge >= 0.3 is 0 Å². The van der Waals surface area contributed by atoms with Crippen LogP contribution in [0.15, 0.2) is 23.1 Å². The van der Waals surface area contributed by atoms with Crippen molar-refractivity contribution in [1.29, 1.82) is 0 Å². The summed E-state index contributed by atoms with van der Waals surface area (Å²) in [5.74, 6) is -0.303. The second-order valence-electron chi connectivity index (χ2n) is 7.65. The summed E-state index contributed by atoms with van der Waals surface area (Å²) in [5, 5.41) is 10.6. The predicted molar refractivity (Wildman–Crippen MR) is 99.5 cm³/mol. The van der Waals surface area contributed by atoms with E-state index in [2.05, 4.69) is 15.6 Å². The molecule has 10 heteroatoms. The van der Waals surface area contributed by atoms with Gasteiger partial charge in [0, 0.05) is 18.6 Å². The van der Waals surface area contributed by atoms with Gasteiger partial charge in [-0.2, -0.15) is 4.31 Å². The van der Waals surface area contributed by atoms with Gasteiger partial charge in [-0.1, -0.05) is 11.3 Å². The van der Waals surface area contributed by atoms with Crippen LogP contribution < -0.4 is 10.2 Å². The Kier molecular flexibility index (Phi) is 5.38. The molecule has 0 atom stereocenters. The number of aromatic nitrogens is 3. The van der Waals surface area contributed by atoms with Gasteiger partial charge in [0.1, 0.15) is 11.0 Å². The smallest absolute Gasteiger partial charge is 0.261 e. The highest BCUT2D eigenvalue weighted by Gasteiger charge is 2.26. The van der Waals surface area contributed by atoms with Crippen molar-refractivity contribution in [3.8, 4) is 0 Å². The van der Waals surface area contributed by atoms with Crippen molar-refractivity contribution in [2.75, 3.05) is 19.7 Å². The highest BCUT2D eigenvalue weighted by atomic mass is 32.2. The Morgan fingerprint density at radius 3 is 2.59 bits per heavy atom. The van der Waals surface area contributed by atoms with Crippen molar-refractivity contribution >= 4 is 27.0 Å². The van der Waals surface area contributed by atoms with E-state index in [1.807, 2.05) is 20.8 Å². The van der Waals surface area contributed by atoms with Crippen LogP contribution in [0.1, 0.15) is 40.0 Å². The first-order valence-corrected chi connectivity index (χ1v) is 10.4. The van der Waals surface area contributed by atoms with Crippen molar-refractivity contribution in [3.05, 3.63) is 18.2 Å². The molecule has 0 radical (unpaired) electrons. The second kappa shape index (κ2) is 7.43. The zero-order chi connectivity index (χ0) is 19.7. The topological polar surface area (TPSA) is 106 Å². The minimum atomic E-state index is -3.57. The number of sulfonamides is 1. The molecule has 3 rings (SSSR count). The lowest BCUT2D eigenvalue weighted by atomic mass is 10.1. The third-order valence-electron chi connectivity index (χ3n) is 4.17. The lowest BCUT2D eigenvalue weighted by Crippen LogP contribution is -2.44. The minimum absolute atomic E-state index is 0.170. The fourth-order valence-corrected chi connectivity index (χ4v) is 4.50. The Bertz CT molecular complexity index is 926. The first-order chi connectivity index (χ1) is 12.7. The van der Waals surface area contributed by atoms with Crippen molar-refractivity contribution in [2.24, 2.45) is 0 Å². The number of benzene rings is 1. The van der Waals surface area contributed by atoms with Gasteiger partial charge in [0.05, 0.1) is 4.90 Å². The number of nitrogens with one attached hydrogen (secondary N) is 1. The van der Waals surface area contributed by atoms with Gasteiger partial charge in [-0.25, -0.2) is 8.42 Å². The van der Waals surface area contributed by atoms with Gasteiger partial charge in [-0.05, 0) is 57.0 Å². The number of piperidine rings is 1. The maximum absolute atomic E-state index is 12.9. The maximum Gasteiger partial charge on any atom is 0.261 e. The molecule has 27 heavy (non-hydrogen) atoms. The molecule has 1 aromatic heterocycles. The average Bonchev–Trinajstić information content (AvgIpc) is 3.01. The van der Waals surface area contributed by atoms with Gasteiger partial charge in [0.25, 0.3) is 5.91 Å². The molecule has 0 saturated carbocycles. The monoisotopic (exact) mass is 395 g/mol. The molecular weight excluding hydrogens is 370 g/mol. The molecule has 0 unspecified atom stereocenters. The molecular formula is C17H25N5O4S. The molecule has 1 aromatic carbocycles. The predicted octanol–water partition coefficient (Wildman–Crippen LogP) is 0.949. The van der Waals surface area contributed by atoms with Gasteiger partial charge in [-0.15, -0.1) is 5.10 Å². The Hall–Kier alpha value is -2.20. The average molecular weight is 395 g/mol. The quantitative estimate of drug-likeness (QED) is 0.808. The zero-order valence-corrected chi connectivity index (χ0v) is 16.6. The molecule has 1 aliphatic heterocycles. The van der Waals surface area contributed by atoms with Gasteiger partial charge < -0.3 is 10.2 Å². The molecule has 1 fully saturated rings. The molecule has 0 bridgehead atoms. The molecule has 1 amide bonds. The Labute approximate surface area is 158 Å². The summed E-state index contributed by atoms with van der Waals surface area (Å²) >= 11 is 0. The highest BCUT2D eigenvalue weighted by Crippen LogP contribution is 2.23. The first-order valence-electron chi connectivity index (χ1n) is 8.97. The first kappa shape index (κ1) is 19.6. The van der Waals surface area contributed by atoms with E-state index >= 15 is 0 Å². The van der Waals surface area contributed by atoms with E-state index in [4.69, 9.17) is 4.84 Å². The molecule has 2 heterocycles. The van der Waals surface area contributed by atoms with Crippen LogP contribution in [-0.4, -0.2) is 59.0 Å². The van der Waals surface area contributed by atoms with Crippen LogP contribution in [0, 0.1) is 0 Å². The van der Waals surface area contributed by atoms with Gasteiger partial charge in [0.15, 0.2) is 6.61 Å². The second-order valence-corrected chi connectivity index (χ2v) is 9.59. The van der Waals surface area contributed by atoms with Crippen molar-refractivity contribution < 1.29 is 18.0 Å². The number of amides is 1. The van der Waals surface area contributed by atoms with E-state index in [1.165, 1.54) is 16.4 Å². The molecule has 1 N–H and O–H groups in total. The van der Waals surface area contributed by atoms with Gasteiger partial charge in [0.2, 0.25) is 10.0 Å². The summed E-state index contributed by atoms with van der Waals surface area (Å²) in [4.78, 5) is 18.6. The third-order valence-corrected chi connectivity index (χ3v) is 6.07. The fourth-order valence-electron chi connectivity index (χ4n) is 2.96. The van der Waals surface area contributed by atoms with E-state index < -0.39 is 10.0 Å². The highest BCUT2D eigenvalue weighted by molar-refractivity contribution is 7.89. The van der Waals surface area contributed by atoms with Crippen LogP contribution in [0.4, 0.5) is 0 Å². The lowest BCUT2D eigenvalue weighted by Gasteiger charge is -2.25. The molecule has 9 nitrogen and oxygen atoms in total. The summed E-state index contributed by atoms with van der Waals surface area (Å²) in [5.41, 5.74) is 0.515. The van der Waals surface area contributed by atoms with E-state index in [0.717, 1.165) is 24.1 Å². The number of carbonyl (C=O) groups excluding carboxylic acids is 1. The summed E-state index contributed by atoms with van der Waals surface area (Å²) in [7, 11) is -3.57. The number of nitrogens with zero attached hydrogens (tertiary/aromatic N) is 4. The van der Waals surface area contributed by atoms with Crippen molar-refractivity contribution in [2.45, 2.75) is 50.5 Å². The van der Waals surface area contributed by atoms with E-state index in [0.29, 0.717) is 24.1 Å². The fraction of sp³-hybridized carbons (Fsp3) is 0.588. The Morgan fingerprint density at radius 2 is 1.93 bits per heavy atom. The molecule has 0 spiro atoms. The maximum atomic E-state index is 12.9. The standard InChI is InChI=1S/C17H25N5O4S/c1-17(2,3)18-16(23)12-26-22-15-11-13(7-8-14(15)19-20-22)27(24,25)21-9-5-4-6-10-21/h7-8,11H,4-6,9-10,12H2,1-3H3,(H,18,23). The minimum Gasteiger partial charge on any atom is -0.385 e. The Morgan fingerprint density at radius 1 is 1.22 bits per heavy atom. The summed E-state index contributed by atoms with van der Waals surface area (Å²) < 4.78 is 27.2. The normalized spacial score (nSPS) is 16.4. The van der Waals surface area contributed by atoms with E-state index in [9.17, 15) is 13.2 Å². The van der Waals surface area contributed by atoms with Crippen LogP contribution in [-0.2, 0) is 14.8 Å². The number of fused-ring (bicyclic) bond motifs is 1. The largest absolute Gasteiger partial charge is 0.385 e. The van der Waals surface area contributed by atoms with Crippen LogP contribution in [0.3, 0.4) is 0 Å². The van der Waals surface area contributed by atoms with Crippen LogP contribution >= 0.6 is 0 Å². The molecule has 1 saturated heterocycles. The molecule has 1 aliphatic rings. The van der Waals surface area contributed by atoms with E-state index in [1.54, 1.807) is 6.07 Å². The summed E-state index contributed by atoms with van der Waals surface area (Å²) in [6, 6.07) is 4.60. The summed E-state index contributed by atoms with van der Waals surface area (Å²) in [6.45, 7) is 6.41. The van der Waals surface area contributed by atoms with Gasteiger partial charge in [-0.3, -0.25) is 4.79 Å². The number of rotatable bonds is 5. The SMILES string of the molecule is CC(C)(C)NC(=O)COn1nnc2ccc(S(=O)(=O)N3CCCCC3)cc21. The van der Waals surface area contributed by atoms with E-state index in [-0.39, 0.29) is 22.9 Å². The molecule has 148 valence electrons. The van der Waals surface area contributed by atoms with Crippen LogP contribution in [0.2, 0.25) is 0 Å². The Balaban J connectivity index is 1.81. The van der Waals surface area contributed by atoms with Crippen LogP contribution in [0.5, 0.6) is 0 Å². The number of hydrogen-bond donors (Lipinski definition) is 1. The van der Waals surface area contributed by atoms with Crippen molar-refractivity contribution in [3.63, 3.8) is 0 Å². The third kappa shape index (κ3) is 4.56. The zero-order valence-electron chi connectivity index (χ0n) is 15.8. The number of carbonyl (C=O) groups is 1. The van der Waals surface area contributed by atoms with Crippen LogP contribution in [0.25, 0.3) is 11.0 Å². The lowest BCUT2D eigenvalue weighted by molar-refractivity contribution is -0.127. The van der Waals surface area contributed by atoms with Crippen molar-refractivity contribution in [1.82, 2.24) is 24.8 Å². The molecule has 2 aromatic rings. The summed E-state index contributed by atoms with van der Waals surface area (Å²) in [6.07, 6.45) is 2.78. The number of hydrogen-bond acceptors (Lipinski definition) is 6.